The van der Waals surface area contributed by atoms with Crippen molar-refractivity contribution in [2.45, 2.75) is 38.8 Å². The number of carbonyl (C=O) groups is 1. The van der Waals surface area contributed by atoms with E-state index in [1.807, 2.05) is 0 Å². The van der Waals surface area contributed by atoms with E-state index < -0.39 is 12.6 Å². The van der Waals surface area contributed by atoms with Gasteiger partial charge in [-0.1, -0.05) is 18.2 Å². The topological polar surface area (TPSA) is 63.2 Å². The minimum Gasteiger partial charge on any atom is -0.434 e. The number of carbonyl (C=O) groups excluding carboxylic acids is 1. The summed E-state index contributed by atoms with van der Waals surface area (Å²) in [6, 6.07) is 5.94. The Morgan fingerprint density at radius 2 is 2.08 bits per heavy atom. The summed E-state index contributed by atoms with van der Waals surface area (Å²) in [5, 5.41) is 5.90. The van der Waals surface area contributed by atoms with E-state index in [1.165, 1.54) is 22.3 Å². The highest BCUT2D eigenvalue weighted by Gasteiger charge is 2.16. The van der Waals surface area contributed by atoms with Gasteiger partial charge in [0.05, 0.1) is 5.69 Å². The number of halogens is 2. The van der Waals surface area contributed by atoms with Gasteiger partial charge in [0.2, 0.25) is 0 Å². The molecule has 0 bridgehead atoms. The number of aryl methyl sites for hydroxylation is 2. The van der Waals surface area contributed by atoms with Crippen LogP contribution in [0.2, 0.25) is 0 Å². The maximum atomic E-state index is 12.4. The second-order valence-electron chi connectivity index (χ2n) is 5.39. The lowest BCUT2D eigenvalue weighted by atomic mass is 10.0. The quantitative estimate of drug-likeness (QED) is 0.856. The van der Waals surface area contributed by atoms with Crippen LogP contribution >= 0.6 is 11.3 Å². The first-order valence-corrected chi connectivity index (χ1v) is 8.49. The molecule has 0 saturated carbocycles. The summed E-state index contributed by atoms with van der Waals surface area (Å²) < 4.78 is 29.2. The standard InChI is InChI=1S/C16H17F2N3O2S/c17-14(18)23-12-7-3-1-5-10(12)9-19-15(22)21-16-20-11-6-2-4-8-13(11)24-16/h1,3,5,7,14H,2,4,6,8-9H2,(H2,19,20,21,22). The molecule has 24 heavy (non-hydrogen) atoms. The van der Waals surface area contributed by atoms with E-state index in [0.717, 1.165) is 31.4 Å². The molecule has 2 N–H and O–H groups in total. The van der Waals surface area contributed by atoms with E-state index in [9.17, 15) is 13.6 Å². The van der Waals surface area contributed by atoms with Gasteiger partial charge in [0.15, 0.2) is 5.13 Å². The molecule has 0 saturated heterocycles. The number of benzene rings is 1. The maximum Gasteiger partial charge on any atom is 0.387 e. The second-order valence-corrected chi connectivity index (χ2v) is 6.47. The molecule has 2 aromatic rings. The number of hydrogen-bond acceptors (Lipinski definition) is 4. The zero-order chi connectivity index (χ0) is 16.9. The van der Waals surface area contributed by atoms with Gasteiger partial charge in [-0.15, -0.1) is 11.3 Å². The predicted octanol–water partition coefficient (Wildman–Crippen LogP) is 3.95. The van der Waals surface area contributed by atoms with Crippen molar-refractivity contribution in [2.75, 3.05) is 5.32 Å². The van der Waals surface area contributed by atoms with Crippen molar-refractivity contribution in [3.05, 3.63) is 40.4 Å². The monoisotopic (exact) mass is 353 g/mol. The molecule has 8 heteroatoms. The number of nitrogens with one attached hydrogen (secondary N) is 2. The first-order valence-electron chi connectivity index (χ1n) is 7.68. The third kappa shape index (κ3) is 4.19. The molecule has 1 aliphatic carbocycles. The number of ether oxygens (including phenoxy) is 1. The molecular formula is C16H17F2N3O2S. The molecule has 2 amide bonds. The SMILES string of the molecule is O=C(NCc1ccccc1OC(F)F)Nc1nc2c(s1)CCCC2. The number of anilines is 1. The highest BCUT2D eigenvalue weighted by molar-refractivity contribution is 7.15. The number of para-hydroxylation sites is 1. The molecule has 1 aromatic carbocycles. The van der Waals surface area contributed by atoms with Crippen LogP contribution in [0.3, 0.4) is 0 Å². The van der Waals surface area contributed by atoms with Gasteiger partial charge >= 0.3 is 12.6 Å². The van der Waals surface area contributed by atoms with Crippen LogP contribution in [-0.4, -0.2) is 17.6 Å². The van der Waals surface area contributed by atoms with E-state index in [2.05, 4.69) is 20.4 Å². The first kappa shape index (κ1) is 16.6. The van der Waals surface area contributed by atoms with Gasteiger partial charge in [0.1, 0.15) is 5.75 Å². The minimum absolute atomic E-state index is 0.0533. The van der Waals surface area contributed by atoms with Crippen LogP contribution in [0.4, 0.5) is 18.7 Å². The Hall–Kier alpha value is -2.22. The lowest BCUT2D eigenvalue weighted by molar-refractivity contribution is -0.0504. The molecule has 0 fully saturated rings. The van der Waals surface area contributed by atoms with Crippen LogP contribution in [0.15, 0.2) is 24.3 Å². The van der Waals surface area contributed by atoms with Crippen molar-refractivity contribution in [3.8, 4) is 5.75 Å². The van der Waals surface area contributed by atoms with Crippen LogP contribution in [0, 0.1) is 0 Å². The van der Waals surface area contributed by atoms with Gasteiger partial charge in [-0.2, -0.15) is 8.78 Å². The average molecular weight is 353 g/mol. The lowest BCUT2D eigenvalue weighted by Gasteiger charge is -2.11. The molecule has 128 valence electrons. The Bertz CT molecular complexity index is 698. The molecule has 3 rings (SSSR count). The van der Waals surface area contributed by atoms with Gasteiger partial charge in [-0.25, -0.2) is 9.78 Å². The number of amides is 2. The molecular weight excluding hydrogens is 336 g/mol. The van der Waals surface area contributed by atoms with E-state index >= 15 is 0 Å². The summed E-state index contributed by atoms with van der Waals surface area (Å²) in [6.45, 7) is -2.82. The smallest absolute Gasteiger partial charge is 0.387 e. The molecule has 0 atom stereocenters. The third-order valence-electron chi connectivity index (χ3n) is 3.69. The number of hydrogen-bond donors (Lipinski definition) is 2. The first-order chi connectivity index (χ1) is 11.6. The Kier molecular flexibility index (Phi) is 5.24. The Morgan fingerprint density at radius 3 is 2.88 bits per heavy atom. The zero-order valence-electron chi connectivity index (χ0n) is 12.9. The maximum absolute atomic E-state index is 12.4. The fourth-order valence-electron chi connectivity index (χ4n) is 2.58. The second kappa shape index (κ2) is 7.57. The number of aromatic nitrogens is 1. The largest absolute Gasteiger partial charge is 0.434 e. The van der Waals surface area contributed by atoms with E-state index in [1.54, 1.807) is 18.2 Å². The summed E-state index contributed by atoms with van der Waals surface area (Å²) in [7, 11) is 0. The predicted molar refractivity (Wildman–Crippen MR) is 87.7 cm³/mol. The average Bonchev–Trinajstić information content (AvgIpc) is 2.95. The van der Waals surface area contributed by atoms with Gasteiger partial charge < -0.3 is 10.1 Å². The molecule has 0 radical (unpaired) electrons. The summed E-state index contributed by atoms with van der Waals surface area (Å²) >= 11 is 1.49. The van der Waals surface area contributed by atoms with E-state index in [4.69, 9.17) is 0 Å². The van der Waals surface area contributed by atoms with Crippen LogP contribution in [0.1, 0.15) is 29.0 Å². The van der Waals surface area contributed by atoms with Gasteiger partial charge in [0.25, 0.3) is 0 Å². The molecule has 5 nitrogen and oxygen atoms in total. The molecule has 1 heterocycles. The summed E-state index contributed by atoms with van der Waals surface area (Å²) in [4.78, 5) is 17.6. The van der Waals surface area contributed by atoms with Crippen LogP contribution in [0.25, 0.3) is 0 Å². The molecule has 0 spiro atoms. The fraction of sp³-hybridized carbons (Fsp3) is 0.375. The van der Waals surface area contributed by atoms with Crippen molar-refractivity contribution in [2.24, 2.45) is 0 Å². The van der Waals surface area contributed by atoms with E-state index in [0.29, 0.717) is 10.7 Å². The number of thiazole rings is 1. The van der Waals surface area contributed by atoms with Gasteiger partial charge in [0, 0.05) is 17.0 Å². The summed E-state index contributed by atoms with van der Waals surface area (Å²) in [5.41, 5.74) is 1.55. The van der Waals surface area contributed by atoms with Crippen molar-refractivity contribution in [3.63, 3.8) is 0 Å². The highest BCUT2D eigenvalue weighted by atomic mass is 32.1. The number of rotatable bonds is 5. The van der Waals surface area contributed by atoms with Crippen molar-refractivity contribution >= 4 is 22.5 Å². The summed E-state index contributed by atoms with van der Waals surface area (Å²) in [5.74, 6) is 0.0533. The Labute approximate surface area is 142 Å². The number of nitrogens with zero attached hydrogens (tertiary/aromatic N) is 1. The Morgan fingerprint density at radius 1 is 1.29 bits per heavy atom. The molecule has 0 unspecified atom stereocenters. The lowest BCUT2D eigenvalue weighted by Crippen LogP contribution is -2.28. The van der Waals surface area contributed by atoms with Crippen LogP contribution in [-0.2, 0) is 19.4 Å². The number of urea groups is 1. The highest BCUT2D eigenvalue weighted by Crippen LogP contribution is 2.29. The minimum atomic E-state index is -2.90. The van der Waals surface area contributed by atoms with Crippen molar-refractivity contribution in [1.29, 1.82) is 0 Å². The molecule has 1 aliphatic rings. The van der Waals surface area contributed by atoms with Crippen molar-refractivity contribution < 1.29 is 18.3 Å². The number of fused-ring (bicyclic) bond motifs is 1. The zero-order valence-corrected chi connectivity index (χ0v) is 13.7. The Balaban J connectivity index is 1.57. The van der Waals surface area contributed by atoms with Gasteiger partial charge in [-0.05, 0) is 31.7 Å². The summed E-state index contributed by atoms with van der Waals surface area (Å²) in [6.07, 6.45) is 4.24. The van der Waals surface area contributed by atoms with E-state index in [-0.39, 0.29) is 12.3 Å². The van der Waals surface area contributed by atoms with Crippen LogP contribution in [0.5, 0.6) is 5.75 Å². The van der Waals surface area contributed by atoms with Gasteiger partial charge in [-0.3, -0.25) is 5.32 Å². The van der Waals surface area contributed by atoms with Crippen LogP contribution < -0.4 is 15.4 Å². The fourth-order valence-corrected chi connectivity index (χ4v) is 3.63. The van der Waals surface area contributed by atoms with Crippen molar-refractivity contribution in [1.82, 2.24) is 10.3 Å². The molecule has 0 aliphatic heterocycles. The normalized spacial score (nSPS) is 13.5. The third-order valence-corrected chi connectivity index (χ3v) is 4.77. The number of alkyl halides is 2. The molecule has 1 aromatic heterocycles.